The quantitative estimate of drug-likeness (QED) is 0.858. The van der Waals surface area contributed by atoms with Gasteiger partial charge >= 0.3 is 5.97 Å². The third-order valence-corrected chi connectivity index (χ3v) is 5.30. The molecule has 0 fully saturated rings. The van der Waals surface area contributed by atoms with Gasteiger partial charge in [0.15, 0.2) is 9.84 Å². The Hall–Kier alpha value is -2.02. The van der Waals surface area contributed by atoms with Gasteiger partial charge in [0.1, 0.15) is 5.75 Å². The van der Waals surface area contributed by atoms with Crippen LogP contribution in [0.4, 0.5) is 0 Å². The van der Waals surface area contributed by atoms with E-state index in [2.05, 4.69) is 0 Å². The number of rotatable bonds is 3. The Morgan fingerprint density at radius 2 is 2.00 bits per heavy atom. The van der Waals surface area contributed by atoms with Crippen molar-refractivity contribution in [1.29, 1.82) is 0 Å². The molecule has 7 heteroatoms. The summed E-state index contributed by atoms with van der Waals surface area (Å²) >= 11 is 0. The first-order chi connectivity index (χ1) is 11.3. The Bertz CT molecular complexity index is 867. The molecule has 1 aromatic carbocycles. The SMILES string of the molecule is CC.COC(=O)CC1CCn2c1cc1c(S(C)(=O)=O)cc(O)cc12. The van der Waals surface area contributed by atoms with E-state index in [1.165, 1.54) is 13.2 Å². The van der Waals surface area contributed by atoms with Crippen molar-refractivity contribution in [2.75, 3.05) is 13.4 Å². The van der Waals surface area contributed by atoms with E-state index in [4.69, 9.17) is 4.74 Å². The van der Waals surface area contributed by atoms with E-state index in [-0.39, 0.29) is 29.0 Å². The highest BCUT2D eigenvalue weighted by Crippen LogP contribution is 2.39. The molecule has 1 aliphatic heterocycles. The second kappa shape index (κ2) is 6.84. The Kier molecular flexibility index (Phi) is 5.22. The number of fused-ring (bicyclic) bond motifs is 3. The van der Waals surface area contributed by atoms with E-state index < -0.39 is 9.84 Å². The van der Waals surface area contributed by atoms with Gasteiger partial charge < -0.3 is 14.4 Å². The monoisotopic (exact) mass is 353 g/mol. The number of aryl methyl sites for hydroxylation is 1. The fraction of sp³-hybridized carbons (Fsp3) is 0.471. The lowest BCUT2D eigenvalue weighted by atomic mass is 10.0. The van der Waals surface area contributed by atoms with Gasteiger partial charge in [-0.25, -0.2) is 8.42 Å². The summed E-state index contributed by atoms with van der Waals surface area (Å²) in [4.78, 5) is 11.6. The third-order valence-electron chi connectivity index (χ3n) is 4.16. The Morgan fingerprint density at radius 1 is 1.33 bits per heavy atom. The van der Waals surface area contributed by atoms with Crippen LogP contribution in [-0.4, -0.2) is 37.4 Å². The number of nitrogens with zero attached hydrogens (tertiary/aromatic N) is 1. The van der Waals surface area contributed by atoms with Crippen molar-refractivity contribution in [3.8, 4) is 5.75 Å². The van der Waals surface area contributed by atoms with Crippen LogP contribution < -0.4 is 0 Å². The van der Waals surface area contributed by atoms with E-state index in [1.54, 1.807) is 6.07 Å². The lowest BCUT2D eigenvalue weighted by molar-refractivity contribution is -0.141. The zero-order chi connectivity index (χ0) is 18.1. The standard InChI is InChI=1S/C15H17NO5S.C2H6/c1-21-15(18)5-9-3-4-16-12(9)8-11-13(16)6-10(17)7-14(11)22(2,19)20;1-2/h6-9,17H,3-5H2,1-2H3;1-2H3. The van der Waals surface area contributed by atoms with Gasteiger partial charge in [-0.05, 0) is 18.6 Å². The molecule has 0 amide bonds. The number of methoxy groups -OCH3 is 1. The minimum Gasteiger partial charge on any atom is -0.508 e. The Labute approximate surface area is 142 Å². The van der Waals surface area contributed by atoms with Crippen molar-refractivity contribution in [1.82, 2.24) is 4.57 Å². The van der Waals surface area contributed by atoms with Crippen LogP contribution in [-0.2, 0) is 25.9 Å². The fourth-order valence-corrected chi connectivity index (χ4v) is 4.05. The number of phenolic OH excluding ortho intramolecular Hbond substituents is 1. The number of ether oxygens (including phenoxy) is 1. The maximum absolute atomic E-state index is 11.9. The first-order valence-corrected chi connectivity index (χ1v) is 9.83. The number of carbonyl (C=O) groups is 1. The van der Waals surface area contributed by atoms with Gasteiger partial charge in [-0.2, -0.15) is 0 Å². The summed E-state index contributed by atoms with van der Waals surface area (Å²) in [6.07, 6.45) is 2.19. The molecule has 6 nitrogen and oxygen atoms in total. The molecule has 0 bridgehead atoms. The molecule has 2 aromatic rings. The molecule has 1 unspecified atom stereocenters. The van der Waals surface area contributed by atoms with Crippen molar-refractivity contribution in [2.24, 2.45) is 0 Å². The van der Waals surface area contributed by atoms with Crippen LogP contribution in [0.3, 0.4) is 0 Å². The van der Waals surface area contributed by atoms with Crippen LogP contribution in [0, 0.1) is 0 Å². The van der Waals surface area contributed by atoms with Crippen molar-refractivity contribution >= 4 is 26.7 Å². The topological polar surface area (TPSA) is 85.6 Å². The summed E-state index contributed by atoms with van der Waals surface area (Å²) in [7, 11) is -2.10. The lowest BCUT2D eigenvalue weighted by Gasteiger charge is -2.06. The molecular formula is C17H23NO5S. The van der Waals surface area contributed by atoms with E-state index >= 15 is 0 Å². The van der Waals surface area contributed by atoms with Crippen LogP contribution in [0.1, 0.15) is 38.3 Å². The second-order valence-electron chi connectivity index (χ2n) is 5.64. The minimum absolute atomic E-state index is 0.00871. The highest BCUT2D eigenvalue weighted by Gasteiger charge is 2.29. The molecule has 1 aliphatic rings. The van der Waals surface area contributed by atoms with E-state index in [0.29, 0.717) is 17.4 Å². The molecular weight excluding hydrogens is 330 g/mol. The third kappa shape index (κ3) is 3.26. The molecule has 1 aromatic heterocycles. The maximum Gasteiger partial charge on any atom is 0.306 e. The average Bonchev–Trinajstić information content (AvgIpc) is 3.08. The number of sulfone groups is 1. The van der Waals surface area contributed by atoms with Gasteiger partial charge in [0.05, 0.1) is 23.9 Å². The van der Waals surface area contributed by atoms with Crippen LogP contribution in [0.25, 0.3) is 10.9 Å². The molecule has 0 saturated carbocycles. The normalized spacial score (nSPS) is 16.4. The molecule has 0 aliphatic carbocycles. The molecule has 1 N–H and O–H groups in total. The summed E-state index contributed by atoms with van der Waals surface area (Å²) in [5.74, 6) is -0.352. The second-order valence-corrected chi connectivity index (χ2v) is 7.62. The van der Waals surface area contributed by atoms with Gasteiger partial charge in [-0.15, -0.1) is 0 Å². The number of hydrogen-bond donors (Lipinski definition) is 1. The zero-order valence-electron chi connectivity index (χ0n) is 14.4. The van der Waals surface area contributed by atoms with E-state index in [1.807, 2.05) is 24.5 Å². The van der Waals surface area contributed by atoms with Crippen LogP contribution in [0.5, 0.6) is 5.75 Å². The molecule has 24 heavy (non-hydrogen) atoms. The highest BCUT2D eigenvalue weighted by atomic mass is 32.2. The molecule has 1 atom stereocenters. The minimum atomic E-state index is -3.45. The van der Waals surface area contributed by atoms with E-state index in [9.17, 15) is 18.3 Å². The van der Waals surface area contributed by atoms with Crippen LogP contribution >= 0.6 is 0 Å². The number of phenols is 1. The largest absolute Gasteiger partial charge is 0.508 e. The van der Waals surface area contributed by atoms with Crippen LogP contribution in [0.2, 0.25) is 0 Å². The molecule has 0 spiro atoms. The van der Waals surface area contributed by atoms with Crippen LogP contribution in [0.15, 0.2) is 23.1 Å². The van der Waals surface area contributed by atoms with Crippen molar-refractivity contribution < 1.29 is 23.1 Å². The summed E-state index contributed by atoms with van der Waals surface area (Å²) in [5.41, 5.74) is 1.60. The number of aromatic hydroxyl groups is 1. The summed E-state index contributed by atoms with van der Waals surface area (Å²) in [6.45, 7) is 4.69. The maximum atomic E-state index is 11.9. The molecule has 0 radical (unpaired) electrons. The molecule has 0 saturated heterocycles. The van der Waals surface area contributed by atoms with Crippen molar-refractivity contribution in [3.63, 3.8) is 0 Å². The summed E-state index contributed by atoms with van der Waals surface area (Å²) in [5, 5.41) is 10.4. The van der Waals surface area contributed by atoms with Gasteiger partial charge in [0.2, 0.25) is 0 Å². The first kappa shape index (κ1) is 18.3. The number of benzene rings is 1. The fourth-order valence-electron chi connectivity index (χ4n) is 3.15. The van der Waals surface area contributed by atoms with E-state index in [0.717, 1.165) is 18.4 Å². The summed E-state index contributed by atoms with van der Waals surface area (Å²) in [6, 6.07) is 4.64. The smallest absolute Gasteiger partial charge is 0.306 e. The van der Waals surface area contributed by atoms with Gasteiger partial charge in [0.25, 0.3) is 0 Å². The zero-order valence-corrected chi connectivity index (χ0v) is 15.2. The number of aromatic nitrogens is 1. The summed E-state index contributed by atoms with van der Waals surface area (Å²) < 4.78 is 30.6. The lowest BCUT2D eigenvalue weighted by Crippen LogP contribution is -2.06. The predicted molar refractivity (Wildman–Crippen MR) is 92.1 cm³/mol. The first-order valence-electron chi connectivity index (χ1n) is 7.94. The predicted octanol–water partition coefficient (Wildman–Crippen LogP) is 2.83. The molecule has 3 rings (SSSR count). The van der Waals surface area contributed by atoms with Crippen molar-refractivity contribution in [2.45, 2.75) is 44.0 Å². The van der Waals surface area contributed by atoms with Gasteiger partial charge in [-0.1, -0.05) is 13.8 Å². The molecule has 132 valence electrons. The average molecular weight is 353 g/mol. The number of carbonyl (C=O) groups excluding carboxylic acids is 1. The Balaban J connectivity index is 0.00000100. The number of hydrogen-bond acceptors (Lipinski definition) is 5. The number of esters is 1. The van der Waals surface area contributed by atoms with Gasteiger partial charge in [0, 0.05) is 35.9 Å². The Morgan fingerprint density at radius 3 is 2.58 bits per heavy atom. The highest BCUT2D eigenvalue weighted by molar-refractivity contribution is 7.91. The van der Waals surface area contributed by atoms with Crippen molar-refractivity contribution in [3.05, 3.63) is 23.9 Å². The van der Waals surface area contributed by atoms with Gasteiger partial charge in [-0.3, -0.25) is 4.79 Å². The molecule has 2 heterocycles.